The summed E-state index contributed by atoms with van der Waals surface area (Å²) >= 11 is 0. The van der Waals surface area contributed by atoms with Gasteiger partial charge in [0, 0.05) is 17.2 Å². The average Bonchev–Trinajstić information content (AvgIpc) is 3.53. The Bertz CT molecular complexity index is 990. The van der Waals surface area contributed by atoms with Crippen LogP contribution in [0.25, 0.3) is 11.1 Å². The van der Waals surface area contributed by atoms with Crippen molar-refractivity contribution in [2.24, 2.45) is 0 Å². The Labute approximate surface area is 169 Å². The molecule has 3 rings (SSSR count). The van der Waals surface area contributed by atoms with E-state index in [1.165, 1.54) is 6.07 Å². The molecule has 150 valence electrons. The molecule has 0 aromatic heterocycles. The minimum absolute atomic E-state index is 0.190. The van der Waals surface area contributed by atoms with Crippen molar-refractivity contribution in [3.63, 3.8) is 0 Å². The second-order valence-electron chi connectivity index (χ2n) is 7.71. The molecule has 0 heterocycles. The summed E-state index contributed by atoms with van der Waals surface area (Å²) in [6, 6.07) is 11.9. The predicted octanol–water partition coefficient (Wildman–Crippen LogP) is 4.12. The van der Waals surface area contributed by atoms with Gasteiger partial charge in [-0.15, -0.1) is 0 Å². The molecule has 2 aromatic carbocycles. The van der Waals surface area contributed by atoms with Crippen LogP contribution >= 0.6 is 0 Å². The highest BCUT2D eigenvalue weighted by atomic mass is 19.1. The lowest BCUT2D eigenvalue weighted by atomic mass is 9.96. The van der Waals surface area contributed by atoms with Crippen molar-refractivity contribution in [1.82, 2.24) is 10.6 Å². The second kappa shape index (κ2) is 8.04. The summed E-state index contributed by atoms with van der Waals surface area (Å²) in [4.78, 5) is 24.7. The molecule has 29 heavy (non-hydrogen) atoms. The summed E-state index contributed by atoms with van der Waals surface area (Å²) in [5, 5.41) is 14.8. The molecule has 6 heteroatoms. The molecule has 1 atom stereocenters. The standard InChI is InChI=1S/C23H24FN3O2/c1-4-23(3,13-25)27-22(29)16-7-5-15(6-8-16)19-11-17(12-20(24)14(19)2)21(28)26-18-9-10-18/h5-8,11-12,18H,4,9-10H2,1-3H3,(H,26,28)(H,27,29). The largest absolute Gasteiger partial charge is 0.349 e. The number of nitriles is 1. The van der Waals surface area contributed by atoms with E-state index in [1.807, 2.05) is 6.92 Å². The minimum atomic E-state index is -0.932. The maximum atomic E-state index is 14.4. The van der Waals surface area contributed by atoms with Gasteiger partial charge in [-0.1, -0.05) is 19.1 Å². The summed E-state index contributed by atoms with van der Waals surface area (Å²) in [5.74, 6) is -1.07. The quantitative estimate of drug-likeness (QED) is 0.775. The van der Waals surface area contributed by atoms with E-state index in [0.29, 0.717) is 28.7 Å². The predicted molar refractivity (Wildman–Crippen MR) is 109 cm³/mol. The Morgan fingerprint density at radius 2 is 1.83 bits per heavy atom. The number of benzene rings is 2. The lowest BCUT2D eigenvalue weighted by Gasteiger charge is -2.21. The van der Waals surface area contributed by atoms with Gasteiger partial charge in [0.05, 0.1) is 6.07 Å². The molecule has 1 aliphatic carbocycles. The number of amides is 2. The molecular formula is C23H24FN3O2. The Morgan fingerprint density at radius 3 is 2.38 bits per heavy atom. The fourth-order valence-electron chi connectivity index (χ4n) is 2.93. The number of nitrogens with one attached hydrogen (secondary N) is 2. The Balaban J connectivity index is 1.85. The van der Waals surface area contributed by atoms with Gasteiger partial charge in [0.15, 0.2) is 0 Å². The Morgan fingerprint density at radius 1 is 1.17 bits per heavy atom. The Kier molecular flexibility index (Phi) is 5.69. The van der Waals surface area contributed by atoms with Crippen LogP contribution in [-0.2, 0) is 0 Å². The third-order valence-corrected chi connectivity index (χ3v) is 5.32. The first-order valence-corrected chi connectivity index (χ1v) is 9.71. The van der Waals surface area contributed by atoms with Crippen LogP contribution < -0.4 is 10.6 Å². The average molecular weight is 393 g/mol. The van der Waals surface area contributed by atoms with Crippen LogP contribution in [-0.4, -0.2) is 23.4 Å². The topological polar surface area (TPSA) is 82.0 Å². The van der Waals surface area contributed by atoms with Crippen molar-refractivity contribution < 1.29 is 14.0 Å². The highest BCUT2D eigenvalue weighted by molar-refractivity contribution is 5.97. The molecule has 5 nitrogen and oxygen atoms in total. The van der Waals surface area contributed by atoms with Gasteiger partial charge < -0.3 is 10.6 Å². The molecule has 2 amide bonds. The molecule has 2 aromatic rings. The molecule has 0 bridgehead atoms. The van der Waals surface area contributed by atoms with Gasteiger partial charge in [-0.2, -0.15) is 5.26 Å². The van der Waals surface area contributed by atoms with Crippen LogP contribution in [0, 0.1) is 24.1 Å². The molecule has 0 spiro atoms. The molecule has 2 N–H and O–H groups in total. The smallest absolute Gasteiger partial charge is 0.252 e. The fourth-order valence-corrected chi connectivity index (χ4v) is 2.93. The van der Waals surface area contributed by atoms with E-state index < -0.39 is 11.4 Å². The number of carbonyl (C=O) groups excluding carboxylic acids is 2. The summed E-state index contributed by atoms with van der Waals surface area (Å²) < 4.78 is 14.4. The Hall–Kier alpha value is -3.20. The van der Waals surface area contributed by atoms with E-state index >= 15 is 0 Å². The SMILES string of the molecule is CCC(C)(C#N)NC(=O)c1ccc(-c2cc(C(=O)NC3CC3)cc(F)c2C)cc1. The van der Waals surface area contributed by atoms with Gasteiger partial charge in [-0.25, -0.2) is 4.39 Å². The van der Waals surface area contributed by atoms with Crippen molar-refractivity contribution in [2.75, 3.05) is 0 Å². The first-order valence-electron chi connectivity index (χ1n) is 9.71. The highest BCUT2D eigenvalue weighted by Crippen LogP contribution is 2.28. The van der Waals surface area contributed by atoms with E-state index in [2.05, 4.69) is 16.7 Å². The number of hydrogen-bond acceptors (Lipinski definition) is 3. The molecule has 1 fully saturated rings. The number of halogens is 1. The van der Waals surface area contributed by atoms with Crippen molar-refractivity contribution in [3.8, 4) is 17.2 Å². The van der Waals surface area contributed by atoms with Crippen LogP contribution in [0.3, 0.4) is 0 Å². The molecule has 0 aliphatic heterocycles. The summed E-state index contributed by atoms with van der Waals surface area (Å²) in [6.45, 7) is 5.16. The van der Waals surface area contributed by atoms with Gasteiger partial charge in [-0.05, 0) is 74.1 Å². The summed E-state index contributed by atoms with van der Waals surface area (Å²) in [6.07, 6.45) is 2.40. The second-order valence-corrected chi connectivity index (χ2v) is 7.71. The zero-order valence-corrected chi connectivity index (χ0v) is 16.8. The van der Waals surface area contributed by atoms with Crippen LogP contribution in [0.15, 0.2) is 36.4 Å². The normalized spacial score (nSPS) is 15.1. The van der Waals surface area contributed by atoms with Crippen LogP contribution in [0.1, 0.15) is 59.4 Å². The van der Waals surface area contributed by atoms with Gasteiger partial charge in [0.1, 0.15) is 11.4 Å². The zero-order chi connectivity index (χ0) is 21.2. The van der Waals surface area contributed by atoms with E-state index in [9.17, 15) is 19.2 Å². The zero-order valence-electron chi connectivity index (χ0n) is 16.8. The van der Waals surface area contributed by atoms with Gasteiger partial charge in [-0.3, -0.25) is 9.59 Å². The maximum absolute atomic E-state index is 14.4. The van der Waals surface area contributed by atoms with E-state index in [-0.39, 0.29) is 23.4 Å². The summed E-state index contributed by atoms with van der Waals surface area (Å²) in [5.41, 5.74) is 1.51. The minimum Gasteiger partial charge on any atom is -0.349 e. The highest BCUT2D eigenvalue weighted by Gasteiger charge is 2.25. The van der Waals surface area contributed by atoms with Crippen LogP contribution in [0.2, 0.25) is 0 Å². The number of hydrogen-bond donors (Lipinski definition) is 2. The lowest BCUT2D eigenvalue weighted by molar-refractivity contribution is 0.0920. The van der Waals surface area contributed by atoms with Gasteiger partial charge in [0.2, 0.25) is 0 Å². The first kappa shape index (κ1) is 20.5. The maximum Gasteiger partial charge on any atom is 0.252 e. The molecule has 0 radical (unpaired) electrons. The van der Waals surface area contributed by atoms with E-state index in [4.69, 9.17) is 0 Å². The van der Waals surface area contributed by atoms with Crippen molar-refractivity contribution >= 4 is 11.8 Å². The molecular weight excluding hydrogens is 369 g/mol. The number of carbonyl (C=O) groups is 2. The third-order valence-electron chi connectivity index (χ3n) is 5.32. The fraction of sp³-hybridized carbons (Fsp3) is 0.348. The number of rotatable bonds is 6. The van der Waals surface area contributed by atoms with Crippen LogP contribution in [0.4, 0.5) is 4.39 Å². The number of nitrogens with zero attached hydrogens (tertiary/aromatic N) is 1. The van der Waals surface area contributed by atoms with Gasteiger partial charge in [0.25, 0.3) is 11.8 Å². The first-order chi connectivity index (χ1) is 13.8. The lowest BCUT2D eigenvalue weighted by Crippen LogP contribution is -2.44. The molecule has 1 saturated carbocycles. The van der Waals surface area contributed by atoms with Crippen molar-refractivity contribution in [3.05, 3.63) is 58.9 Å². The van der Waals surface area contributed by atoms with Crippen molar-refractivity contribution in [1.29, 1.82) is 5.26 Å². The molecule has 1 unspecified atom stereocenters. The summed E-state index contributed by atoms with van der Waals surface area (Å²) in [7, 11) is 0. The van der Waals surface area contributed by atoms with Crippen LogP contribution in [0.5, 0.6) is 0 Å². The monoisotopic (exact) mass is 393 g/mol. The molecule has 0 saturated heterocycles. The van der Waals surface area contributed by atoms with Crippen molar-refractivity contribution in [2.45, 2.75) is 51.6 Å². The third kappa shape index (κ3) is 4.62. The van der Waals surface area contributed by atoms with Gasteiger partial charge >= 0.3 is 0 Å². The molecule has 1 aliphatic rings. The van der Waals surface area contributed by atoms with E-state index in [1.54, 1.807) is 44.2 Å². The van der Waals surface area contributed by atoms with E-state index in [0.717, 1.165) is 12.8 Å².